The van der Waals surface area contributed by atoms with Crippen molar-refractivity contribution in [2.45, 2.75) is 12.5 Å². The molecule has 1 atom stereocenters. The summed E-state index contributed by atoms with van der Waals surface area (Å²) in [5.74, 6) is 5.38. The predicted octanol–water partition coefficient (Wildman–Crippen LogP) is 0.868. The summed E-state index contributed by atoms with van der Waals surface area (Å²) in [6.07, 6.45) is 1.78. The highest BCUT2D eigenvalue weighted by Crippen LogP contribution is 2.17. The van der Waals surface area contributed by atoms with Gasteiger partial charge in [-0.3, -0.25) is 11.3 Å². The van der Waals surface area contributed by atoms with Crippen LogP contribution in [0.2, 0.25) is 0 Å². The molecule has 3 N–H and O–H groups in total. The summed E-state index contributed by atoms with van der Waals surface area (Å²) in [5, 5.41) is 0. The molecule has 4 nitrogen and oxygen atoms in total. The summed E-state index contributed by atoms with van der Waals surface area (Å²) in [5.41, 5.74) is 3.57. The van der Waals surface area contributed by atoms with Gasteiger partial charge in [-0.15, -0.1) is 0 Å². The first-order valence-electron chi connectivity index (χ1n) is 4.79. The van der Waals surface area contributed by atoms with Crippen LogP contribution in [0.5, 0.6) is 0 Å². The molecule has 0 aliphatic heterocycles. The predicted molar refractivity (Wildman–Crippen MR) is 68.7 cm³/mol. The molecule has 0 saturated carbocycles. The molecule has 1 unspecified atom stereocenters. The average molecular weight is 307 g/mol. The lowest BCUT2D eigenvalue weighted by atomic mass is 10.1. The number of nitrogens with two attached hydrogens (primary N) is 1. The van der Waals surface area contributed by atoms with Gasteiger partial charge in [-0.2, -0.15) is 0 Å². The van der Waals surface area contributed by atoms with Crippen LogP contribution in [0.25, 0.3) is 0 Å². The smallest absolute Gasteiger partial charge is 0.149 e. The minimum atomic E-state index is -3.03. The normalized spacial score (nSPS) is 13.7. The second-order valence-electron chi connectivity index (χ2n) is 3.75. The van der Waals surface area contributed by atoms with Gasteiger partial charge < -0.3 is 0 Å². The summed E-state index contributed by atoms with van der Waals surface area (Å²) < 4.78 is 23.3. The lowest BCUT2D eigenvalue weighted by molar-refractivity contribution is 0.545. The first-order chi connectivity index (χ1) is 7.42. The largest absolute Gasteiger partial charge is 0.271 e. The molecule has 0 amide bonds. The molecular formula is C10H15BrN2O2S. The van der Waals surface area contributed by atoms with Crippen LogP contribution in [0.4, 0.5) is 0 Å². The zero-order valence-corrected chi connectivity index (χ0v) is 11.4. The number of halogens is 1. The van der Waals surface area contributed by atoms with Gasteiger partial charge in [-0.25, -0.2) is 8.42 Å². The third kappa shape index (κ3) is 4.61. The van der Waals surface area contributed by atoms with Crippen LogP contribution < -0.4 is 11.3 Å². The second-order valence-corrected chi connectivity index (χ2v) is 6.79. The zero-order chi connectivity index (χ0) is 12.2. The fourth-order valence-electron chi connectivity index (χ4n) is 1.46. The van der Waals surface area contributed by atoms with Crippen LogP contribution in [-0.4, -0.2) is 26.5 Å². The molecule has 16 heavy (non-hydrogen) atoms. The van der Waals surface area contributed by atoms with Gasteiger partial charge in [-0.1, -0.05) is 34.1 Å². The fraction of sp³-hybridized carbons (Fsp3) is 0.400. The van der Waals surface area contributed by atoms with Crippen LogP contribution in [-0.2, 0) is 16.3 Å². The molecule has 0 fully saturated rings. The van der Waals surface area contributed by atoms with Crippen LogP contribution >= 0.6 is 15.9 Å². The van der Waals surface area contributed by atoms with Gasteiger partial charge in [0, 0.05) is 16.8 Å². The summed E-state index contributed by atoms with van der Waals surface area (Å²) in [4.78, 5) is 0. The summed E-state index contributed by atoms with van der Waals surface area (Å²) in [6.45, 7) is 0. The maximum absolute atomic E-state index is 11.2. The molecule has 1 aromatic carbocycles. The monoisotopic (exact) mass is 306 g/mol. The molecule has 0 aliphatic carbocycles. The molecule has 0 aliphatic rings. The van der Waals surface area contributed by atoms with E-state index in [1.165, 1.54) is 6.26 Å². The van der Waals surface area contributed by atoms with Crippen molar-refractivity contribution in [1.82, 2.24) is 5.43 Å². The van der Waals surface area contributed by atoms with Gasteiger partial charge in [0.25, 0.3) is 0 Å². The Morgan fingerprint density at radius 2 is 2.06 bits per heavy atom. The van der Waals surface area contributed by atoms with Crippen molar-refractivity contribution in [2.75, 3.05) is 12.0 Å². The van der Waals surface area contributed by atoms with Gasteiger partial charge in [0.1, 0.15) is 9.84 Å². The number of nitrogens with one attached hydrogen (secondary N) is 1. The van der Waals surface area contributed by atoms with Crippen molar-refractivity contribution in [3.05, 3.63) is 34.3 Å². The molecule has 1 rings (SSSR count). The highest BCUT2D eigenvalue weighted by atomic mass is 79.9. The zero-order valence-electron chi connectivity index (χ0n) is 8.98. The lowest BCUT2D eigenvalue weighted by Gasteiger charge is -2.15. The summed E-state index contributed by atoms with van der Waals surface area (Å²) in [7, 11) is -3.03. The summed E-state index contributed by atoms with van der Waals surface area (Å²) in [6, 6.07) is 7.41. The lowest BCUT2D eigenvalue weighted by Crippen LogP contribution is -2.41. The topological polar surface area (TPSA) is 72.2 Å². The number of sulfone groups is 1. The Hall–Kier alpha value is -0.430. The van der Waals surface area contributed by atoms with Crippen molar-refractivity contribution in [1.29, 1.82) is 0 Å². The molecule has 0 bridgehead atoms. The van der Waals surface area contributed by atoms with Crippen molar-refractivity contribution in [3.8, 4) is 0 Å². The maximum atomic E-state index is 11.2. The van der Waals surface area contributed by atoms with E-state index in [1.807, 2.05) is 24.3 Å². The van der Waals surface area contributed by atoms with E-state index in [9.17, 15) is 8.42 Å². The minimum Gasteiger partial charge on any atom is -0.271 e. The molecule has 90 valence electrons. The number of hydrogen-bond donors (Lipinski definition) is 2. The van der Waals surface area contributed by atoms with Crippen LogP contribution in [0.15, 0.2) is 28.7 Å². The van der Waals surface area contributed by atoms with Gasteiger partial charge in [0.05, 0.1) is 5.75 Å². The van der Waals surface area contributed by atoms with Crippen molar-refractivity contribution < 1.29 is 8.42 Å². The van der Waals surface area contributed by atoms with Gasteiger partial charge in [0.2, 0.25) is 0 Å². The Bertz CT molecular complexity index is 448. The van der Waals surface area contributed by atoms with Crippen molar-refractivity contribution in [3.63, 3.8) is 0 Å². The Morgan fingerprint density at radius 1 is 1.44 bits per heavy atom. The average Bonchev–Trinajstić information content (AvgIpc) is 2.18. The minimum absolute atomic E-state index is 0.0326. The Balaban J connectivity index is 2.75. The van der Waals surface area contributed by atoms with Gasteiger partial charge in [0.15, 0.2) is 0 Å². The maximum Gasteiger partial charge on any atom is 0.149 e. The van der Waals surface area contributed by atoms with E-state index in [-0.39, 0.29) is 11.8 Å². The quantitative estimate of drug-likeness (QED) is 0.625. The van der Waals surface area contributed by atoms with Crippen molar-refractivity contribution in [2.24, 2.45) is 5.84 Å². The van der Waals surface area contributed by atoms with E-state index in [0.29, 0.717) is 6.42 Å². The van der Waals surface area contributed by atoms with Crippen LogP contribution in [0.3, 0.4) is 0 Å². The number of rotatable bonds is 5. The number of hydrazine groups is 1. The molecule has 0 aromatic heterocycles. The van der Waals surface area contributed by atoms with Crippen LogP contribution in [0.1, 0.15) is 5.56 Å². The number of benzene rings is 1. The Kier molecular flexibility index (Phi) is 4.91. The van der Waals surface area contributed by atoms with E-state index >= 15 is 0 Å². The fourth-order valence-corrected chi connectivity index (χ4v) is 2.85. The third-order valence-corrected chi connectivity index (χ3v) is 3.95. The first kappa shape index (κ1) is 13.6. The molecule has 0 radical (unpaired) electrons. The van der Waals surface area contributed by atoms with E-state index in [1.54, 1.807) is 0 Å². The molecular weight excluding hydrogens is 292 g/mol. The number of hydrogen-bond acceptors (Lipinski definition) is 4. The third-order valence-electron chi connectivity index (χ3n) is 2.16. The van der Waals surface area contributed by atoms with Gasteiger partial charge >= 0.3 is 0 Å². The highest BCUT2D eigenvalue weighted by molar-refractivity contribution is 9.10. The molecule has 0 saturated heterocycles. The Morgan fingerprint density at radius 3 is 2.56 bits per heavy atom. The highest BCUT2D eigenvalue weighted by Gasteiger charge is 2.15. The van der Waals surface area contributed by atoms with E-state index < -0.39 is 9.84 Å². The van der Waals surface area contributed by atoms with Crippen molar-refractivity contribution >= 4 is 25.8 Å². The molecule has 1 aromatic rings. The van der Waals surface area contributed by atoms with E-state index in [0.717, 1.165) is 10.0 Å². The van der Waals surface area contributed by atoms with E-state index in [4.69, 9.17) is 5.84 Å². The standard InChI is InChI=1S/C10H15BrN2O2S/c1-16(14,15)7-9(13-12)6-8-4-2-3-5-10(8)11/h2-5,9,13H,6-7,12H2,1H3. The second kappa shape index (κ2) is 5.77. The Labute approximate surface area is 104 Å². The van der Waals surface area contributed by atoms with Crippen LogP contribution in [0, 0.1) is 0 Å². The SMILES string of the molecule is CS(=O)(=O)CC(Cc1ccccc1Br)NN. The first-order valence-corrected chi connectivity index (χ1v) is 7.65. The van der Waals surface area contributed by atoms with E-state index in [2.05, 4.69) is 21.4 Å². The molecule has 0 spiro atoms. The van der Waals surface area contributed by atoms with Gasteiger partial charge in [-0.05, 0) is 18.1 Å². The summed E-state index contributed by atoms with van der Waals surface area (Å²) >= 11 is 3.42. The molecule has 0 heterocycles. The molecule has 6 heteroatoms.